The summed E-state index contributed by atoms with van der Waals surface area (Å²) in [7, 11) is 1.66. The molecule has 0 heterocycles. The van der Waals surface area contributed by atoms with Crippen molar-refractivity contribution < 1.29 is 9.53 Å². The van der Waals surface area contributed by atoms with Crippen LogP contribution in [0.1, 0.15) is 29.9 Å². The van der Waals surface area contributed by atoms with Gasteiger partial charge in [-0.2, -0.15) is 0 Å². The van der Waals surface area contributed by atoms with Crippen LogP contribution in [-0.4, -0.2) is 12.9 Å². The number of Topliss-reactive ketones (excluding diaryl/α,β-unsaturated/α-hetero) is 1. The molecule has 0 aromatic heterocycles. The smallest absolute Gasteiger partial charge is 0.136 e. The molecule has 1 saturated carbocycles. The van der Waals surface area contributed by atoms with E-state index >= 15 is 0 Å². The van der Waals surface area contributed by atoms with Crippen LogP contribution in [0.5, 0.6) is 5.75 Å². The Morgan fingerprint density at radius 2 is 1.81 bits per heavy atom. The standard InChI is InChI=1S/C19H20O2/c1-21-16-10-7-14(8-11-16)9-12-19(20)18-13-17(18)15-5-3-2-4-6-15/h2-8,10-11,17-18H,9,12-13H2,1H3. The molecule has 2 aromatic carbocycles. The number of benzene rings is 2. The number of ether oxygens (including phenoxy) is 1. The molecule has 1 aliphatic rings. The summed E-state index contributed by atoms with van der Waals surface area (Å²) in [5.41, 5.74) is 2.50. The van der Waals surface area contributed by atoms with Gasteiger partial charge >= 0.3 is 0 Å². The third-order valence-corrected chi connectivity index (χ3v) is 4.25. The van der Waals surface area contributed by atoms with Crippen LogP contribution < -0.4 is 4.74 Å². The summed E-state index contributed by atoms with van der Waals surface area (Å²) < 4.78 is 5.14. The van der Waals surface area contributed by atoms with Crippen molar-refractivity contribution in [3.05, 3.63) is 65.7 Å². The molecule has 1 fully saturated rings. The second-order valence-electron chi connectivity index (χ2n) is 5.67. The van der Waals surface area contributed by atoms with Gasteiger partial charge in [-0.3, -0.25) is 4.79 Å². The van der Waals surface area contributed by atoms with Gasteiger partial charge < -0.3 is 4.74 Å². The minimum atomic E-state index is 0.241. The van der Waals surface area contributed by atoms with Crippen molar-refractivity contribution in [1.82, 2.24) is 0 Å². The summed E-state index contributed by atoms with van der Waals surface area (Å²) in [6, 6.07) is 18.3. The summed E-state index contributed by atoms with van der Waals surface area (Å²) in [6.45, 7) is 0. The molecule has 0 bridgehead atoms. The molecule has 21 heavy (non-hydrogen) atoms. The van der Waals surface area contributed by atoms with Gasteiger partial charge in [0.2, 0.25) is 0 Å². The number of rotatable bonds is 6. The Kier molecular flexibility index (Phi) is 4.05. The predicted octanol–water partition coefficient (Wildman–Crippen LogP) is 4.00. The predicted molar refractivity (Wildman–Crippen MR) is 83.6 cm³/mol. The number of carbonyl (C=O) groups is 1. The first kappa shape index (κ1) is 13.9. The molecule has 0 aliphatic heterocycles. The number of aryl methyl sites for hydroxylation is 1. The summed E-state index contributed by atoms with van der Waals surface area (Å²) in [5.74, 6) is 1.95. The molecule has 3 rings (SSSR count). The van der Waals surface area contributed by atoms with Gasteiger partial charge in [-0.25, -0.2) is 0 Å². The first-order valence-corrected chi connectivity index (χ1v) is 7.48. The number of methoxy groups -OCH3 is 1. The van der Waals surface area contributed by atoms with E-state index in [9.17, 15) is 4.79 Å². The van der Waals surface area contributed by atoms with Gasteiger partial charge in [-0.05, 0) is 42.0 Å². The molecule has 0 spiro atoms. The fraction of sp³-hybridized carbons (Fsp3) is 0.316. The monoisotopic (exact) mass is 280 g/mol. The highest BCUT2D eigenvalue weighted by Gasteiger charge is 2.42. The minimum Gasteiger partial charge on any atom is -0.497 e. The molecule has 2 atom stereocenters. The summed E-state index contributed by atoms with van der Waals surface area (Å²) in [5, 5.41) is 0. The van der Waals surface area contributed by atoms with E-state index in [0.29, 0.717) is 18.1 Å². The van der Waals surface area contributed by atoms with E-state index in [1.54, 1.807) is 7.11 Å². The van der Waals surface area contributed by atoms with Crippen molar-refractivity contribution in [2.24, 2.45) is 5.92 Å². The maximum Gasteiger partial charge on any atom is 0.136 e. The number of ketones is 1. The van der Waals surface area contributed by atoms with Crippen molar-refractivity contribution >= 4 is 5.78 Å². The lowest BCUT2D eigenvalue weighted by molar-refractivity contribution is -0.120. The van der Waals surface area contributed by atoms with E-state index in [0.717, 1.165) is 18.6 Å². The van der Waals surface area contributed by atoms with Gasteiger partial charge in [0.15, 0.2) is 0 Å². The molecule has 0 amide bonds. The lowest BCUT2D eigenvalue weighted by Crippen LogP contribution is -2.04. The van der Waals surface area contributed by atoms with E-state index in [1.807, 2.05) is 42.5 Å². The van der Waals surface area contributed by atoms with E-state index in [-0.39, 0.29) is 5.92 Å². The third kappa shape index (κ3) is 3.33. The minimum absolute atomic E-state index is 0.241. The van der Waals surface area contributed by atoms with Gasteiger partial charge in [-0.15, -0.1) is 0 Å². The highest BCUT2D eigenvalue weighted by Crippen LogP contribution is 2.48. The zero-order chi connectivity index (χ0) is 14.7. The van der Waals surface area contributed by atoms with E-state index in [4.69, 9.17) is 4.74 Å². The molecule has 2 unspecified atom stereocenters. The van der Waals surface area contributed by atoms with Gasteiger partial charge in [0.25, 0.3) is 0 Å². The second kappa shape index (κ2) is 6.13. The van der Waals surface area contributed by atoms with Crippen LogP contribution in [-0.2, 0) is 11.2 Å². The number of hydrogen-bond donors (Lipinski definition) is 0. The van der Waals surface area contributed by atoms with E-state index < -0.39 is 0 Å². The Balaban J connectivity index is 1.51. The van der Waals surface area contributed by atoms with E-state index in [1.165, 1.54) is 11.1 Å². The fourth-order valence-electron chi connectivity index (χ4n) is 2.86. The maximum absolute atomic E-state index is 12.3. The molecule has 1 aliphatic carbocycles. The summed E-state index contributed by atoms with van der Waals surface area (Å²) in [4.78, 5) is 12.3. The summed E-state index contributed by atoms with van der Waals surface area (Å²) >= 11 is 0. The van der Waals surface area contributed by atoms with Crippen LogP contribution in [0.15, 0.2) is 54.6 Å². The molecule has 0 radical (unpaired) electrons. The highest BCUT2D eigenvalue weighted by molar-refractivity contribution is 5.85. The zero-order valence-electron chi connectivity index (χ0n) is 12.3. The molecule has 2 aromatic rings. The first-order valence-electron chi connectivity index (χ1n) is 7.48. The highest BCUT2D eigenvalue weighted by atomic mass is 16.5. The number of hydrogen-bond acceptors (Lipinski definition) is 2. The molecule has 0 N–H and O–H groups in total. The van der Waals surface area contributed by atoms with Crippen molar-refractivity contribution in [2.75, 3.05) is 7.11 Å². The molecular formula is C19H20O2. The third-order valence-electron chi connectivity index (χ3n) is 4.25. The van der Waals surface area contributed by atoms with Crippen molar-refractivity contribution in [2.45, 2.75) is 25.2 Å². The van der Waals surface area contributed by atoms with Crippen LogP contribution in [0.2, 0.25) is 0 Å². The Bertz CT molecular complexity index is 601. The Morgan fingerprint density at radius 3 is 2.48 bits per heavy atom. The molecular weight excluding hydrogens is 260 g/mol. The number of carbonyl (C=O) groups excluding carboxylic acids is 1. The van der Waals surface area contributed by atoms with Gasteiger partial charge in [0.1, 0.15) is 11.5 Å². The lowest BCUT2D eigenvalue weighted by atomic mass is 10.0. The van der Waals surface area contributed by atoms with Crippen LogP contribution in [0.4, 0.5) is 0 Å². The average molecular weight is 280 g/mol. The summed E-state index contributed by atoms with van der Waals surface area (Å²) in [6.07, 6.45) is 2.48. The van der Waals surface area contributed by atoms with Crippen LogP contribution in [0.3, 0.4) is 0 Å². The largest absolute Gasteiger partial charge is 0.497 e. The van der Waals surface area contributed by atoms with Crippen molar-refractivity contribution in [1.29, 1.82) is 0 Å². The Morgan fingerprint density at radius 1 is 1.10 bits per heavy atom. The Labute approximate surface area is 125 Å². The normalized spacial score (nSPS) is 20.0. The molecule has 0 saturated heterocycles. The van der Waals surface area contributed by atoms with Gasteiger partial charge in [-0.1, -0.05) is 42.5 Å². The average Bonchev–Trinajstić information content (AvgIpc) is 3.35. The van der Waals surface area contributed by atoms with Crippen LogP contribution in [0, 0.1) is 5.92 Å². The topological polar surface area (TPSA) is 26.3 Å². The molecule has 108 valence electrons. The SMILES string of the molecule is COc1ccc(CCC(=O)C2CC2c2ccccc2)cc1. The fourth-order valence-corrected chi connectivity index (χ4v) is 2.86. The molecule has 2 nitrogen and oxygen atoms in total. The lowest BCUT2D eigenvalue weighted by Gasteiger charge is -2.04. The second-order valence-corrected chi connectivity index (χ2v) is 5.67. The van der Waals surface area contributed by atoms with Crippen LogP contribution in [0.25, 0.3) is 0 Å². The Hall–Kier alpha value is -2.09. The van der Waals surface area contributed by atoms with Gasteiger partial charge in [0.05, 0.1) is 7.11 Å². The van der Waals surface area contributed by atoms with E-state index in [2.05, 4.69) is 12.1 Å². The quantitative estimate of drug-likeness (QED) is 0.799. The van der Waals surface area contributed by atoms with Crippen LogP contribution >= 0.6 is 0 Å². The van der Waals surface area contributed by atoms with Crippen molar-refractivity contribution in [3.63, 3.8) is 0 Å². The van der Waals surface area contributed by atoms with Crippen molar-refractivity contribution in [3.8, 4) is 5.75 Å². The molecule has 2 heteroatoms. The maximum atomic E-state index is 12.3. The first-order chi connectivity index (χ1) is 10.3. The van der Waals surface area contributed by atoms with Gasteiger partial charge in [0, 0.05) is 12.3 Å². The zero-order valence-corrected chi connectivity index (χ0v) is 12.3.